The van der Waals surface area contributed by atoms with Gasteiger partial charge in [0, 0.05) is 11.4 Å². The van der Waals surface area contributed by atoms with Gasteiger partial charge in [0.05, 0.1) is 0 Å². The van der Waals surface area contributed by atoms with Crippen molar-refractivity contribution in [3.05, 3.63) is 60.2 Å². The molecule has 0 spiro atoms. The van der Waals surface area contributed by atoms with Gasteiger partial charge in [-0.25, -0.2) is 0 Å². The normalized spacial score (nSPS) is 10.8. The fraction of sp³-hybridized carbons (Fsp3) is 0.500. The summed E-state index contributed by atoms with van der Waals surface area (Å²) in [6, 6.07) is 19.2. The molecule has 25 heavy (non-hydrogen) atoms. The smallest absolute Gasteiger partial charge is 0.0416 e. The molecule has 0 bridgehead atoms. The van der Waals surface area contributed by atoms with Crippen LogP contribution in [0.15, 0.2) is 54.6 Å². The Morgan fingerprint density at radius 1 is 0.600 bits per heavy atom. The Hall–Kier alpha value is -1.76. The van der Waals surface area contributed by atoms with Crippen LogP contribution < -0.4 is 5.32 Å². The summed E-state index contributed by atoms with van der Waals surface area (Å²) >= 11 is 0. The zero-order chi connectivity index (χ0) is 17.6. The van der Waals surface area contributed by atoms with Gasteiger partial charge in [-0.05, 0) is 36.6 Å². The van der Waals surface area contributed by atoms with Crippen molar-refractivity contribution in [2.75, 3.05) is 5.32 Å². The van der Waals surface area contributed by atoms with Crippen molar-refractivity contribution < 1.29 is 0 Å². The number of unbranched alkanes of at least 4 members (excludes halogenated alkanes) is 9. The van der Waals surface area contributed by atoms with E-state index in [0.29, 0.717) is 0 Å². The molecule has 1 nitrogen and oxygen atoms in total. The van der Waals surface area contributed by atoms with Crippen LogP contribution in [0.4, 0.5) is 11.4 Å². The Morgan fingerprint density at radius 3 is 1.84 bits per heavy atom. The van der Waals surface area contributed by atoms with Crippen molar-refractivity contribution in [2.45, 2.75) is 77.6 Å². The van der Waals surface area contributed by atoms with Crippen LogP contribution in [0.2, 0.25) is 0 Å². The second-order valence-electron chi connectivity index (χ2n) is 7.08. The van der Waals surface area contributed by atoms with E-state index in [1.165, 1.54) is 81.9 Å². The van der Waals surface area contributed by atoms with Crippen LogP contribution in [-0.2, 0) is 6.42 Å². The minimum atomic E-state index is 1.16. The predicted octanol–water partition coefficient (Wildman–Crippen LogP) is 7.89. The van der Waals surface area contributed by atoms with E-state index in [2.05, 4.69) is 66.8 Å². The molecule has 0 unspecified atom stereocenters. The van der Waals surface area contributed by atoms with Crippen LogP contribution in [0.3, 0.4) is 0 Å². The fourth-order valence-electron chi connectivity index (χ4n) is 3.34. The number of hydrogen-bond donors (Lipinski definition) is 1. The first-order valence-electron chi connectivity index (χ1n) is 10.3. The number of rotatable bonds is 13. The molecule has 0 fully saturated rings. The molecule has 0 saturated heterocycles. The highest BCUT2D eigenvalue weighted by molar-refractivity contribution is 5.62. The van der Waals surface area contributed by atoms with E-state index in [9.17, 15) is 0 Å². The highest BCUT2D eigenvalue weighted by atomic mass is 14.9. The maximum Gasteiger partial charge on any atom is 0.0416 e. The van der Waals surface area contributed by atoms with Gasteiger partial charge in [-0.3, -0.25) is 0 Å². The fourth-order valence-corrected chi connectivity index (χ4v) is 3.34. The van der Waals surface area contributed by atoms with Gasteiger partial charge in [-0.2, -0.15) is 0 Å². The summed E-state index contributed by atoms with van der Waals surface area (Å²) in [5.41, 5.74) is 3.86. The van der Waals surface area contributed by atoms with Crippen LogP contribution in [0.1, 0.15) is 76.7 Å². The molecule has 0 aromatic heterocycles. The summed E-state index contributed by atoms with van der Waals surface area (Å²) < 4.78 is 0. The molecule has 2 aromatic carbocycles. The molecule has 0 aliphatic carbocycles. The Kier molecular flexibility index (Phi) is 9.84. The first-order chi connectivity index (χ1) is 12.4. The standard InChI is InChI=1S/C24H35N/c1-2-3-4-5-6-7-8-9-10-12-17-22-18-15-16-21-24(22)25-23-19-13-11-14-20-23/h11,13-16,18-21,25H,2-10,12,17H2,1H3. The highest BCUT2D eigenvalue weighted by Gasteiger charge is 2.02. The number of hydrogen-bond acceptors (Lipinski definition) is 1. The maximum atomic E-state index is 3.56. The lowest BCUT2D eigenvalue weighted by atomic mass is 10.0. The van der Waals surface area contributed by atoms with Crippen molar-refractivity contribution in [1.29, 1.82) is 0 Å². The van der Waals surface area contributed by atoms with Gasteiger partial charge in [-0.1, -0.05) is 101 Å². The number of nitrogens with one attached hydrogen (secondary N) is 1. The van der Waals surface area contributed by atoms with Gasteiger partial charge < -0.3 is 5.32 Å². The zero-order valence-corrected chi connectivity index (χ0v) is 16.0. The number of anilines is 2. The second-order valence-corrected chi connectivity index (χ2v) is 7.08. The van der Waals surface area contributed by atoms with Crippen molar-refractivity contribution >= 4 is 11.4 Å². The molecule has 1 N–H and O–H groups in total. The number of aryl methyl sites for hydroxylation is 1. The first kappa shape index (κ1) is 19.6. The summed E-state index contributed by atoms with van der Waals surface area (Å²) in [7, 11) is 0. The maximum absolute atomic E-state index is 3.56. The van der Waals surface area contributed by atoms with Gasteiger partial charge in [0.25, 0.3) is 0 Å². The Bertz CT molecular complexity index is 561. The van der Waals surface area contributed by atoms with Crippen molar-refractivity contribution in [3.8, 4) is 0 Å². The van der Waals surface area contributed by atoms with E-state index in [1.807, 2.05) is 0 Å². The van der Waals surface area contributed by atoms with Crippen LogP contribution in [0.25, 0.3) is 0 Å². The van der Waals surface area contributed by atoms with Crippen LogP contribution in [0, 0.1) is 0 Å². The van der Waals surface area contributed by atoms with E-state index in [4.69, 9.17) is 0 Å². The molecule has 0 radical (unpaired) electrons. The quantitative estimate of drug-likeness (QED) is 0.366. The molecule has 0 aliphatic rings. The summed E-state index contributed by atoms with van der Waals surface area (Å²) in [6.45, 7) is 2.29. The molecule has 2 rings (SSSR count). The topological polar surface area (TPSA) is 12.0 Å². The molecule has 0 aliphatic heterocycles. The third-order valence-electron chi connectivity index (χ3n) is 4.87. The average molecular weight is 338 g/mol. The van der Waals surface area contributed by atoms with Crippen molar-refractivity contribution in [3.63, 3.8) is 0 Å². The highest BCUT2D eigenvalue weighted by Crippen LogP contribution is 2.22. The van der Waals surface area contributed by atoms with Crippen molar-refractivity contribution in [1.82, 2.24) is 0 Å². The monoisotopic (exact) mass is 337 g/mol. The third-order valence-corrected chi connectivity index (χ3v) is 4.87. The molecule has 0 amide bonds. The summed E-state index contributed by atoms with van der Waals surface area (Å²) in [4.78, 5) is 0. The van der Waals surface area contributed by atoms with Gasteiger partial charge in [0.2, 0.25) is 0 Å². The molecular weight excluding hydrogens is 302 g/mol. The van der Waals surface area contributed by atoms with E-state index in [0.717, 1.165) is 5.69 Å². The van der Waals surface area contributed by atoms with Crippen LogP contribution >= 0.6 is 0 Å². The lowest BCUT2D eigenvalue weighted by molar-refractivity contribution is 0.556. The van der Waals surface area contributed by atoms with Gasteiger partial charge in [0.1, 0.15) is 0 Å². The average Bonchev–Trinajstić information content (AvgIpc) is 2.65. The van der Waals surface area contributed by atoms with Crippen LogP contribution in [0.5, 0.6) is 0 Å². The number of para-hydroxylation sites is 2. The molecule has 2 aromatic rings. The Morgan fingerprint density at radius 2 is 1.16 bits per heavy atom. The van der Waals surface area contributed by atoms with Crippen LogP contribution in [-0.4, -0.2) is 0 Å². The lowest BCUT2D eigenvalue weighted by Crippen LogP contribution is -1.96. The Labute approximate surface area is 154 Å². The largest absolute Gasteiger partial charge is 0.355 e. The zero-order valence-electron chi connectivity index (χ0n) is 16.0. The molecule has 1 heteroatoms. The molecular formula is C24H35N. The minimum Gasteiger partial charge on any atom is -0.355 e. The predicted molar refractivity (Wildman–Crippen MR) is 112 cm³/mol. The molecule has 0 heterocycles. The van der Waals surface area contributed by atoms with E-state index in [1.54, 1.807) is 0 Å². The van der Waals surface area contributed by atoms with Crippen molar-refractivity contribution in [2.24, 2.45) is 0 Å². The molecule has 0 saturated carbocycles. The van der Waals surface area contributed by atoms with Gasteiger partial charge >= 0.3 is 0 Å². The SMILES string of the molecule is CCCCCCCCCCCCc1ccccc1Nc1ccccc1. The summed E-state index contributed by atoms with van der Waals surface area (Å²) in [5.74, 6) is 0. The lowest BCUT2D eigenvalue weighted by Gasteiger charge is -2.12. The number of benzene rings is 2. The molecule has 136 valence electrons. The van der Waals surface area contributed by atoms with E-state index < -0.39 is 0 Å². The van der Waals surface area contributed by atoms with Gasteiger partial charge in [-0.15, -0.1) is 0 Å². The third kappa shape index (κ3) is 8.25. The van der Waals surface area contributed by atoms with Gasteiger partial charge in [0.15, 0.2) is 0 Å². The van der Waals surface area contributed by atoms with E-state index >= 15 is 0 Å². The summed E-state index contributed by atoms with van der Waals surface area (Å²) in [6.07, 6.45) is 15.1. The Balaban J connectivity index is 1.63. The molecule has 0 atom stereocenters. The summed E-state index contributed by atoms with van der Waals surface area (Å²) in [5, 5.41) is 3.56. The first-order valence-corrected chi connectivity index (χ1v) is 10.3. The second kappa shape index (κ2) is 12.6. The minimum absolute atomic E-state index is 1.16. The van der Waals surface area contributed by atoms with E-state index in [-0.39, 0.29) is 0 Å².